The zero-order valence-electron chi connectivity index (χ0n) is 23.7. The van der Waals surface area contributed by atoms with Crippen LogP contribution in [0.2, 0.25) is 10.0 Å². The third kappa shape index (κ3) is 6.22. The number of aromatic nitrogens is 2. The fraction of sp³-hybridized carbons (Fsp3) is 0.281. The number of carbonyl (C=O) groups is 1. The Balaban J connectivity index is 1.50. The number of methoxy groups -OCH3 is 2. The second-order valence-corrected chi connectivity index (χ2v) is 11.0. The van der Waals surface area contributed by atoms with Crippen molar-refractivity contribution in [3.05, 3.63) is 82.0 Å². The first kappa shape index (κ1) is 29.8. The number of pyridine rings is 2. The predicted molar refractivity (Wildman–Crippen MR) is 165 cm³/mol. The number of benzene rings is 2. The Morgan fingerprint density at radius 1 is 1.05 bits per heavy atom. The number of hydrogen-bond acceptors (Lipinski definition) is 7. The van der Waals surface area contributed by atoms with E-state index in [1.54, 1.807) is 20.4 Å². The summed E-state index contributed by atoms with van der Waals surface area (Å²) >= 11 is 14.1. The average molecular weight is 608 g/mol. The maximum atomic E-state index is 11.4. The second kappa shape index (κ2) is 13.1. The molecule has 1 aliphatic heterocycles. The number of nitrogens with one attached hydrogen (secondary N) is 1. The SMILES string of the molecule is CNCc1ccc(-c2cccc(-c3ccnc(-c4cc(CN5CCC(C(=O)O)C5)cc(OC)c4)c3Cl)c2Cl)nc1OC. The molecule has 4 aromatic rings. The maximum Gasteiger partial charge on any atom is 0.307 e. The predicted octanol–water partition coefficient (Wildman–Crippen LogP) is 6.43. The average Bonchev–Trinajstić information content (AvgIpc) is 3.47. The first-order valence-electron chi connectivity index (χ1n) is 13.6. The Morgan fingerprint density at radius 3 is 2.55 bits per heavy atom. The lowest BCUT2D eigenvalue weighted by Gasteiger charge is -2.18. The molecule has 0 saturated carbocycles. The lowest BCUT2D eigenvalue weighted by Crippen LogP contribution is -2.22. The number of likely N-dealkylation sites (tertiary alicyclic amines) is 1. The van der Waals surface area contributed by atoms with Gasteiger partial charge in [-0.2, -0.15) is 0 Å². The van der Waals surface area contributed by atoms with Crippen molar-refractivity contribution in [3.63, 3.8) is 0 Å². The summed E-state index contributed by atoms with van der Waals surface area (Å²) in [5, 5.41) is 13.5. The molecule has 1 aliphatic rings. The second-order valence-electron chi connectivity index (χ2n) is 10.2. The number of carboxylic acid groups (broad SMARTS) is 1. The van der Waals surface area contributed by atoms with Crippen molar-refractivity contribution >= 4 is 29.2 Å². The van der Waals surface area contributed by atoms with Crippen molar-refractivity contribution < 1.29 is 19.4 Å². The fourth-order valence-corrected chi connectivity index (χ4v) is 6.00. The molecular weight excluding hydrogens is 575 g/mol. The summed E-state index contributed by atoms with van der Waals surface area (Å²) in [5.74, 6) is 0.112. The largest absolute Gasteiger partial charge is 0.497 e. The highest BCUT2D eigenvalue weighted by Crippen LogP contribution is 2.42. The maximum absolute atomic E-state index is 11.4. The monoisotopic (exact) mass is 606 g/mol. The molecule has 0 bridgehead atoms. The van der Waals surface area contributed by atoms with Crippen LogP contribution in [0.25, 0.3) is 33.6 Å². The van der Waals surface area contributed by atoms with Crippen molar-refractivity contribution in [2.24, 2.45) is 5.92 Å². The van der Waals surface area contributed by atoms with E-state index < -0.39 is 5.97 Å². The molecule has 5 rings (SSSR count). The summed E-state index contributed by atoms with van der Waals surface area (Å²) in [4.78, 5) is 22.9. The van der Waals surface area contributed by atoms with Gasteiger partial charge >= 0.3 is 5.97 Å². The molecule has 0 aliphatic carbocycles. The molecule has 42 heavy (non-hydrogen) atoms. The van der Waals surface area contributed by atoms with Gasteiger partial charge in [-0.15, -0.1) is 0 Å². The molecule has 1 atom stereocenters. The number of carboxylic acids is 1. The normalized spacial score (nSPS) is 15.1. The van der Waals surface area contributed by atoms with Gasteiger partial charge in [0.05, 0.1) is 41.6 Å². The van der Waals surface area contributed by atoms with Crippen LogP contribution >= 0.6 is 23.2 Å². The van der Waals surface area contributed by atoms with Crippen molar-refractivity contribution in [3.8, 4) is 45.3 Å². The zero-order chi connectivity index (χ0) is 29.8. The Morgan fingerprint density at radius 2 is 1.83 bits per heavy atom. The van der Waals surface area contributed by atoms with Gasteiger partial charge in [0.1, 0.15) is 5.75 Å². The topological polar surface area (TPSA) is 96.8 Å². The van der Waals surface area contributed by atoms with Gasteiger partial charge in [0.2, 0.25) is 5.88 Å². The van der Waals surface area contributed by atoms with E-state index in [1.165, 1.54) is 0 Å². The van der Waals surface area contributed by atoms with Crippen molar-refractivity contribution in [2.75, 3.05) is 34.4 Å². The van der Waals surface area contributed by atoms with Crippen LogP contribution in [0.4, 0.5) is 0 Å². The van der Waals surface area contributed by atoms with E-state index in [0.717, 1.165) is 39.9 Å². The fourth-order valence-electron chi connectivity index (χ4n) is 5.35. The highest BCUT2D eigenvalue weighted by atomic mass is 35.5. The molecule has 0 spiro atoms. The van der Waals surface area contributed by atoms with E-state index in [9.17, 15) is 9.90 Å². The molecule has 218 valence electrons. The molecule has 3 heterocycles. The molecule has 0 amide bonds. The molecule has 2 aromatic carbocycles. The molecule has 2 aromatic heterocycles. The van der Waals surface area contributed by atoms with E-state index in [-0.39, 0.29) is 5.92 Å². The van der Waals surface area contributed by atoms with Crippen LogP contribution in [0.1, 0.15) is 17.5 Å². The van der Waals surface area contributed by atoms with E-state index >= 15 is 0 Å². The summed E-state index contributed by atoms with van der Waals surface area (Å²) in [6.45, 7) is 2.48. The van der Waals surface area contributed by atoms with Crippen LogP contribution in [0.3, 0.4) is 0 Å². The lowest BCUT2D eigenvalue weighted by molar-refractivity contribution is -0.141. The third-order valence-corrected chi connectivity index (χ3v) is 8.25. The highest BCUT2D eigenvalue weighted by Gasteiger charge is 2.28. The molecule has 0 radical (unpaired) electrons. The first-order chi connectivity index (χ1) is 20.3. The van der Waals surface area contributed by atoms with Gasteiger partial charge in [-0.05, 0) is 55.9 Å². The van der Waals surface area contributed by atoms with E-state index in [4.69, 9.17) is 37.7 Å². The number of nitrogens with zero attached hydrogens (tertiary/aromatic N) is 3. The number of halogens is 2. The van der Waals surface area contributed by atoms with Gasteiger partial charge in [0, 0.05) is 53.6 Å². The highest BCUT2D eigenvalue weighted by molar-refractivity contribution is 6.39. The summed E-state index contributed by atoms with van der Waals surface area (Å²) in [7, 11) is 5.09. The summed E-state index contributed by atoms with van der Waals surface area (Å²) in [5.41, 5.74) is 6.26. The molecule has 2 N–H and O–H groups in total. The standard InChI is InChI=1S/C32H32Cl2N4O4/c1-35-16-20-7-8-27(37-31(20)42-3)26-6-4-5-24(28(26)33)25-9-11-36-30(29(25)34)22-13-19(14-23(15-22)41-2)17-38-12-10-21(18-38)32(39)40/h4-9,11,13-15,21,35H,10,12,16-18H2,1-3H3,(H,39,40). The Bertz CT molecular complexity index is 1610. The number of hydrogen-bond donors (Lipinski definition) is 2. The van der Waals surface area contributed by atoms with Crippen LogP contribution in [0, 0.1) is 5.92 Å². The van der Waals surface area contributed by atoms with Crippen LogP contribution in [0.15, 0.2) is 60.8 Å². The Labute approximate surface area is 255 Å². The number of aliphatic carboxylic acids is 1. The Kier molecular flexibility index (Phi) is 9.28. The smallest absolute Gasteiger partial charge is 0.307 e. The lowest BCUT2D eigenvalue weighted by atomic mass is 9.99. The van der Waals surface area contributed by atoms with Crippen LogP contribution in [-0.2, 0) is 17.9 Å². The van der Waals surface area contributed by atoms with E-state index in [2.05, 4.69) is 15.2 Å². The molecule has 1 fully saturated rings. The van der Waals surface area contributed by atoms with Crippen molar-refractivity contribution in [1.82, 2.24) is 20.2 Å². The van der Waals surface area contributed by atoms with Gasteiger partial charge in [-0.1, -0.05) is 47.5 Å². The minimum atomic E-state index is -0.750. The summed E-state index contributed by atoms with van der Waals surface area (Å²) in [6, 6.07) is 17.4. The molecule has 10 heteroatoms. The molecular formula is C32H32Cl2N4O4. The first-order valence-corrected chi connectivity index (χ1v) is 14.3. The quantitative estimate of drug-likeness (QED) is 0.213. The van der Waals surface area contributed by atoms with Crippen molar-refractivity contribution in [2.45, 2.75) is 19.5 Å². The van der Waals surface area contributed by atoms with Crippen LogP contribution in [0.5, 0.6) is 11.6 Å². The van der Waals surface area contributed by atoms with E-state index in [1.807, 2.05) is 61.6 Å². The molecule has 8 nitrogen and oxygen atoms in total. The van der Waals surface area contributed by atoms with Crippen molar-refractivity contribution in [1.29, 1.82) is 0 Å². The summed E-state index contributed by atoms with van der Waals surface area (Å²) < 4.78 is 11.1. The summed E-state index contributed by atoms with van der Waals surface area (Å²) in [6.07, 6.45) is 2.36. The van der Waals surface area contributed by atoms with Gasteiger partial charge in [-0.3, -0.25) is 14.7 Å². The number of ether oxygens (including phenoxy) is 2. The third-order valence-electron chi connectivity index (χ3n) is 7.46. The molecule has 1 saturated heterocycles. The van der Waals surface area contributed by atoms with Crippen LogP contribution in [-0.4, -0.2) is 60.3 Å². The minimum Gasteiger partial charge on any atom is -0.497 e. The van der Waals surface area contributed by atoms with Crippen LogP contribution < -0.4 is 14.8 Å². The van der Waals surface area contributed by atoms with Gasteiger partial charge < -0.3 is 19.9 Å². The van der Waals surface area contributed by atoms with Gasteiger partial charge in [0.15, 0.2) is 0 Å². The minimum absolute atomic E-state index is 0.342. The van der Waals surface area contributed by atoms with Gasteiger partial charge in [0.25, 0.3) is 0 Å². The number of rotatable bonds is 10. The molecule has 1 unspecified atom stereocenters. The zero-order valence-corrected chi connectivity index (χ0v) is 25.2. The Hall–Kier alpha value is -3.69. The van der Waals surface area contributed by atoms with Gasteiger partial charge in [-0.25, -0.2) is 4.98 Å². The van der Waals surface area contributed by atoms with E-state index in [0.29, 0.717) is 59.1 Å².